The second-order valence-corrected chi connectivity index (χ2v) is 18.1. The molecule has 0 nitrogen and oxygen atoms in total. The van der Waals surface area contributed by atoms with Crippen molar-refractivity contribution in [3.05, 3.63) is 194 Å². The van der Waals surface area contributed by atoms with Gasteiger partial charge >= 0.3 is 0 Å². The second-order valence-electron chi connectivity index (χ2n) is 14.9. The molecule has 12 aromatic rings. The Morgan fingerprint density at radius 2 is 0.421 bits per heavy atom. The maximum Gasteiger partial charge on any atom is 0.0355 e. The van der Waals surface area contributed by atoms with Gasteiger partial charge in [0.05, 0.1) is 0 Å². The van der Waals surface area contributed by atoms with Crippen molar-refractivity contribution in [1.82, 2.24) is 0 Å². The highest BCUT2D eigenvalue weighted by Crippen LogP contribution is 2.42. The van der Waals surface area contributed by atoms with Crippen LogP contribution < -0.4 is 0 Å². The van der Waals surface area contributed by atoms with Gasteiger partial charge in [-0.15, -0.1) is 34.0 Å². The fraction of sp³-hybridized carbons (Fsp3) is 0. The summed E-state index contributed by atoms with van der Waals surface area (Å²) < 4.78 is 8.00. The molecule has 0 aliphatic carbocycles. The maximum atomic E-state index is 2.40. The van der Waals surface area contributed by atoms with Gasteiger partial charge < -0.3 is 0 Å². The number of fused-ring (bicyclic) bond motifs is 9. The lowest BCUT2D eigenvalue weighted by Crippen LogP contribution is -1.85. The maximum absolute atomic E-state index is 2.40. The molecule has 0 aliphatic rings. The Labute approximate surface area is 342 Å². The highest BCUT2D eigenvalue weighted by atomic mass is 32.1. The average Bonchev–Trinajstić information content (AvgIpc) is 3.96. The van der Waals surface area contributed by atoms with Crippen LogP contribution in [0.1, 0.15) is 0 Å². The molecule has 3 aromatic heterocycles. The molecule has 3 heterocycles. The van der Waals surface area contributed by atoms with E-state index in [1.54, 1.807) is 0 Å². The zero-order valence-corrected chi connectivity index (χ0v) is 33.1. The van der Waals surface area contributed by atoms with Crippen LogP contribution in [-0.2, 0) is 0 Å². The topological polar surface area (TPSA) is 0 Å². The molecule has 0 amide bonds. The van der Waals surface area contributed by atoms with Crippen molar-refractivity contribution in [3.8, 4) is 55.6 Å². The molecule has 0 unspecified atom stereocenters. The van der Waals surface area contributed by atoms with E-state index in [-0.39, 0.29) is 0 Å². The van der Waals surface area contributed by atoms with E-state index in [1.165, 1.54) is 116 Å². The molecule has 266 valence electrons. The average molecular weight is 777 g/mol. The predicted molar refractivity (Wildman–Crippen MR) is 252 cm³/mol. The predicted octanol–water partition coefficient (Wildman–Crippen LogP) is 17.1. The third-order valence-corrected chi connectivity index (χ3v) is 14.9. The van der Waals surface area contributed by atoms with Crippen molar-refractivity contribution < 1.29 is 0 Å². The molecule has 0 bridgehead atoms. The number of thiophene rings is 3. The summed E-state index contributed by atoms with van der Waals surface area (Å²) in [4.78, 5) is 0. The Hall–Kier alpha value is -6.36. The fourth-order valence-electron chi connectivity index (χ4n) is 8.58. The van der Waals surface area contributed by atoms with Gasteiger partial charge in [0.2, 0.25) is 0 Å². The molecule has 0 atom stereocenters. The highest BCUT2D eigenvalue weighted by Gasteiger charge is 2.13. The molecule has 0 fully saturated rings. The minimum Gasteiger partial charge on any atom is -0.135 e. The van der Waals surface area contributed by atoms with Crippen LogP contribution in [0.2, 0.25) is 0 Å². The van der Waals surface area contributed by atoms with Gasteiger partial charge in [0.1, 0.15) is 0 Å². The van der Waals surface area contributed by atoms with E-state index in [1.807, 2.05) is 34.0 Å². The zero-order valence-electron chi connectivity index (χ0n) is 30.7. The summed E-state index contributed by atoms with van der Waals surface area (Å²) in [6.45, 7) is 0. The minimum absolute atomic E-state index is 1.22. The smallest absolute Gasteiger partial charge is 0.0355 e. The molecule has 12 rings (SSSR count). The molecule has 0 radical (unpaired) electrons. The normalized spacial score (nSPS) is 11.9. The van der Waals surface area contributed by atoms with E-state index in [0.29, 0.717) is 0 Å². The minimum atomic E-state index is 1.22. The third-order valence-electron chi connectivity index (χ3n) is 11.5. The summed E-state index contributed by atoms with van der Waals surface area (Å²) in [5.74, 6) is 0. The lowest BCUT2D eigenvalue weighted by atomic mass is 9.94. The zero-order chi connectivity index (χ0) is 37.5. The lowest BCUT2D eigenvalue weighted by Gasteiger charge is -2.10. The van der Waals surface area contributed by atoms with Crippen LogP contribution in [0, 0.1) is 0 Å². The van der Waals surface area contributed by atoms with E-state index in [9.17, 15) is 0 Å². The summed E-state index contributed by atoms with van der Waals surface area (Å²) in [6, 6.07) is 72.2. The Bertz CT molecular complexity index is 3540. The van der Waals surface area contributed by atoms with E-state index < -0.39 is 0 Å². The van der Waals surface area contributed by atoms with Crippen LogP contribution in [0.5, 0.6) is 0 Å². The van der Waals surface area contributed by atoms with E-state index in [4.69, 9.17) is 0 Å². The molecule has 0 saturated carbocycles. The van der Waals surface area contributed by atoms with Gasteiger partial charge in [-0.3, -0.25) is 0 Å². The van der Waals surface area contributed by atoms with Crippen LogP contribution >= 0.6 is 34.0 Å². The first-order valence-corrected chi connectivity index (χ1v) is 21.7. The highest BCUT2D eigenvalue weighted by molar-refractivity contribution is 7.26. The van der Waals surface area contributed by atoms with Crippen LogP contribution in [0.25, 0.3) is 116 Å². The molecule has 57 heavy (non-hydrogen) atoms. The lowest BCUT2D eigenvalue weighted by molar-refractivity contribution is 1.57. The molecule has 9 aromatic carbocycles. The Balaban J connectivity index is 0.875. The van der Waals surface area contributed by atoms with Crippen molar-refractivity contribution >= 4 is 94.5 Å². The number of hydrogen-bond acceptors (Lipinski definition) is 3. The first-order chi connectivity index (χ1) is 28.2. The summed E-state index contributed by atoms with van der Waals surface area (Å²) in [7, 11) is 0. The fourth-order valence-corrected chi connectivity index (χ4v) is 11.8. The van der Waals surface area contributed by atoms with Crippen molar-refractivity contribution in [2.45, 2.75) is 0 Å². The van der Waals surface area contributed by atoms with Gasteiger partial charge in [-0.25, -0.2) is 0 Å². The van der Waals surface area contributed by atoms with E-state index >= 15 is 0 Å². The first kappa shape index (κ1) is 32.8. The van der Waals surface area contributed by atoms with Gasteiger partial charge in [-0.05, 0) is 134 Å². The summed E-state index contributed by atoms with van der Waals surface area (Å²) >= 11 is 5.62. The van der Waals surface area contributed by atoms with Crippen molar-refractivity contribution in [1.29, 1.82) is 0 Å². The van der Waals surface area contributed by atoms with Crippen molar-refractivity contribution in [2.24, 2.45) is 0 Å². The van der Waals surface area contributed by atoms with Gasteiger partial charge in [-0.1, -0.05) is 115 Å². The Kier molecular flexibility index (Phi) is 7.55. The quantitative estimate of drug-likeness (QED) is 0.163. The monoisotopic (exact) mass is 776 g/mol. The summed E-state index contributed by atoms with van der Waals surface area (Å²) in [6.07, 6.45) is 0. The SMILES string of the molecule is c1cc(-c2cccc(-c3ccc4sc5ccccc5c4c3)c2)cc(-c2cccc(-c3ccc4sc5ccc(-c6ccc7sc8ccccc8c7c6)cc5c4c3)c2)c1. The second kappa shape index (κ2) is 13.1. The molecule has 0 spiro atoms. The van der Waals surface area contributed by atoms with Crippen LogP contribution in [0.3, 0.4) is 0 Å². The summed E-state index contributed by atoms with van der Waals surface area (Å²) in [5.41, 5.74) is 12.3. The van der Waals surface area contributed by atoms with Gasteiger partial charge in [0, 0.05) is 60.5 Å². The van der Waals surface area contributed by atoms with Gasteiger partial charge in [-0.2, -0.15) is 0 Å². The first-order valence-electron chi connectivity index (χ1n) is 19.3. The third kappa shape index (κ3) is 5.62. The molecule has 0 aliphatic heterocycles. The van der Waals surface area contributed by atoms with Crippen LogP contribution in [0.4, 0.5) is 0 Å². The van der Waals surface area contributed by atoms with Crippen LogP contribution in [-0.4, -0.2) is 0 Å². The van der Waals surface area contributed by atoms with E-state index in [0.717, 1.165) is 0 Å². The Morgan fingerprint density at radius 1 is 0.175 bits per heavy atom. The molecular formula is C54H32S3. The largest absolute Gasteiger partial charge is 0.135 e. The standard InChI is InChI=1S/C54H32S3/c1-3-16-49-43(14-1)45-29-39(18-22-51(45)55-49)37-12-6-10-35(27-37)33-8-5-9-34(26-33)36-11-7-13-38(28-36)40-19-24-53-47(31-40)48-32-42(21-25-54(48)57-53)41-20-23-52-46(30-41)44-15-2-4-17-50(44)56-52/h1-32H. The number of rotatable bonds is 5. The number of hydrogen-bond donors (Lipinski definition) is 0. The molecule has 0 saturated heterocycles. The number of benzene rings is 9. The van der Waals surface area contributed by atoms with Gasteiger partial charge in [0.15, 0.2) is 0 Å². The van der Waals surface area contributed by atoms with Crippen molar-refractivity contribution in [2.75, 3.05) is 0 Å². The van der Waals surface area contributed by atoms with Crippen LogP contribution in [0.15, 0.2) is 194 Å². The molecular weight excluding hydrogens is 745 g/mol. The summed E-state index contributed by atoms with van der Waals surface area (Å²) in [5, 5.41) is 7.98. The van der Waals surface area contributed by atoms with Crippen molar-refractivity contribution in [3.63, 3.8) is 0 Å². The van der Waals surface area contributed by atoms with Gasteiger partial charge in [0.25, 0.3) is 0 Å². The molecule has 0 N–H and O–H groups in total. The van der Waals surface area contributed by atoms with E-state index in [2.05, 4.69) is 194 Å². The Morgan fingerprint density at radius 3 is 0.737 bits per heavy atom. The molecule has 3 heteroatoms.